The van der Waals surface area contributed by atoms with Crippen molar-refractivity contribution in [1.29, 1.82) is 0 Å². The van der Waals surface area contributed by atoms with E-state index < -0.39 is 0 Å². The summed E-state index contributed by atoms with van der Waals surface area (Å²) < 4.78 is 0. The summed E-state index contributed by atoms with van der Waals surface area (Å²) in [7, 11) is 0. The number of aromatic nitrogens is 2. The van der Waals surface area contributed by atoms with Gasteiger partial charge in [-0.1, -0.05) is 20.3 Å². The van der Waals surface area contributed by atoms with Crippen molar-refractivity contribution in [3.05, 3.63) is 18.1 Å². The maximum absolute atomic E-state index is 4.50. The Kier molecular flexibility index (Phi) is 5.58. The molecule has 1 atom stereocenters. The highest BCUT2D eigenvalue weighted by molar-refractivity contribution is 5.40. The first-order valence-electron chi connectivity index (χ1n) is 7.63. The highest BCUT2D eigenvalue weighted by Crippen LogP contribution is 2.19. The summed E-state index contributed by atoms with van der Waals surface area (Å²) >= 11 is 0. The van der Waals surface area contributed by atoms with Gasteiger partial charge in [0.1, 0.15) is 12.1 Å². The number of nitrogens with zero attached hydrogens (tertiary/aromatic N) is 3. The third kappa shape index (κ3) is 3.90. The maximum Gasteiger partial charge on any atom is 0.132 e. The molecule has 1 aromatic rings. The average molecular weight is 262 g/mol. The zero-order valence-corrected chi connectivity index (χ0v) is 12.2. The smallest absolute Gasteiger partial charge is 0.132 e. The minimum Gasteiger partial charge on any atom is -0.352 e. The molecule has 1 unspecified atom stereocenters. The van der Waals surface area contributed by atoms with Crippen molar-refractivity contribution in [3.8, 4) is 0 Å². The van der Waals surface area contributed by atoms with Gasteiger partial charge in [-0.05, 0) is 32.2 Å². The fourth-order valence-electron chi connectivity index (χ4n) is 2.76. The van der Waals surface area contributed by atoms with Crippen molar-refractivity contribution < 1.29 is 0 Å². The summed E-state index contributed by atoms with van der Waals surface area (Å²) in [5.41, 5.74) is 1.16. The van der Waals surface area contributed by atoms with Gasteiger partial charge in [-0.3, -0.25) is 0 Å². The van der Waals surface area contributed by atoms with Crippen LogP contribution in [-0.4, -0.2) is 35.6 Å². The molecule has 2 heterocycles. The summed E-state index contributed by atoms with van der Waals surface area (Å²) in [4.78, 5) is 11.3. The number of rotatable bonds is 6. The second kappa shape index (κ2) is 7.43. The van der Waals surface area contributed by atoms with Crippen molar-refractivity contribution in [1.82, 2.24) is 15.3 Å². The van der Waals surface area contributed by atoms with Gasteiger partial charge in [-0.2, -0.15) is 0 Å². The van der Waals surface area contributed by atoms with Crippen LogP contribution in [0.25, 0.3) is 0 Å². The Morgan fingerprint density at radius 1 is 1.32 bits per heavy atom. The molecule has 1 N–H and O–H groups in total. The first-order chi connectivity index (χ1) is 9.35. The lowest BCUT2D eigenvalue weighted by molar-refractivity contribution is 0.428. The van der Waals surface area contributed by atoms with Crippen LogP contribution >= 0.6 is 0 Å². The van der Waals surface area contributed by atoms with Crippen LogP contribution in [0.15, 0.2) is 12.4 Å². The zero-order valence-electron chi connectivity index (χ0n) is 12.2. The molecule has 1 aliphatic rings. The Bertz CT molecular complexity index is 374. The predicted molar refractivity (Wildman–Crippen MR) is 79.6 cm³/mol. The normalized spacial score (nSPS) is 19.4. The van der Waals surface area contributed by atoms with Crippen LogP contribution < -0.4 is 10.2 Å². The van der Waals surface area contributed by atoms with Crippen LogP contribution in [-0.2, 0) is 6.42 Å². The summed E-state index contributed by atoms with van der Waals surface area (Å²) in [6.07, 6.45) is 7.58. The van der Waals surface area contributed by atoms with Crippen molar-refractivity contribution >= 4 is 5.82 Å². The molecule has 0 amide bonds. The second-order valence-corrected chi connectivity index (χ2v) is 5.31. The van der Waals surface area contributed by atoms with E-state index >= 15 is 0 Å². The molecule has 19 heavy (non-hydrogen) atoms. The van der Waals surface area contributed by atoms with E-state index in [2.05, 4.69) is 40.1 Å². The molecular weight excluding hydrogens is 236 g/mol. The van der Waals surface area contributed by atoms with E-state index in [1.165, 1.54) is 12.8 Å². The Morgan fingerprint density at radius 2 is 2.21 bits per heavy atom. The van der Waals surface area contributed by atoms with Gasteiger partial charge in [-0.15, -0.1) is 0 Å². The van der Waals surface area contributed by atoms with Gasteiger partial charge < -0.3 is 10.2 Å². The van der Waals surface area contributed by atoms with Gasteiger partial charge in [0.15, 0.2) is 0 Å². The minimum absolute atomic E-state index is 0.582. The lowest BCUT2D eigenvalue weighted by atomic mass is 10.1. The van der Waals surface area contributed by atoms with Crippen LogP contribution in [0.2, 0.25) is 0 Å². The molecule has 0 spiro atoms. The standard InChI is InChI=1S/C15H26N4/c1-3-6-13-10-15(18-12-17-13)19(9-4-2)14-7-5-8-16-11-14/h10,12,14,16H,3-9,11H2,1-2H3. The SMILES string of the molecule is CCCc1cc(N(CCC)C2CCCNC2)ncn1. The van der Waals surface area contributed by atoms with E-state index in [4.69, 9.17) is 0 Å². The molecule has 106 valence electrons. The van der Waals surface area contributed by atoms with Crippen LogP contribution in [0, 0.1) is 0 Å². The van der Waals surface area contributed by atoms with Crippen molar-refractivity contribution in [3.63, 3.8) is 0 Å². The number of hydrogen-bond donors (Lipinski definition) is 1. The van der Waals surface area contributed by atoms with Gasteiger partial charge in [0.25, 0.3) is 0 Å². The largest absolute Gasteiger partial charge is 0.352 e. The quantitative estimate of drug-likeness (QED) is 0.854. The summed E-state index contributed by atoms with van der Waals surface area (Å²) in [6, 6.07) is 2.76. The number of anilines is 1. The van der Waals surface area contributed by atoms with Crippen LogP contribution in [0.5, 0.6) is 0 Å². The fourth-order valence-corrected chi connectivity index (χ4v) is 2.76. The number of piperidine rings is 1. The molecule has 1 aliphatic heterocycles. The lowest BCUT2D eigenvalue weighted by Crippen LogP contribution is -2.46. The highest BCUT2D eigenvalue weighted by atomic mass is 15.2. The number of hydrogen-bond acceptors (Lipinski definition) is 4. The molecule has 4 nitrogen and oxygen atoms in total. The predicted octanol–water partition coefficient (Wildman–Crippen LogP) is 2.40. The first kappa shape index (κ1) is 14.3. The van der Waals surface area contributed by atoms with E-state index in [1.54, 1.807) is 6.33 Å². The molecule has 0 aliphatic carbocycles. The Morgan fingerprint density at radius 3 is 2.89 bits per heavy atom. The molecule has 2 rings (SSSR count). The van der Waals surface area contributed by atoms with Gasteiger partial charge in [0.05, 0.1) is 0 Å². The Balaban J connectivity index is 2.14. The van der Waals surface area contributed by atoms with E-state index in [1.807, 2.05) is 0 Å². The van der Waals surface area contributed by atoms with Crippen LogP contribution in [0.1, 0.15) is 45.2 Å². The summed E-state index contributed by atoms with van der Waals surface area (Å²) in [5, 5.41) is 3.50. The van der Waals surface area contributed by atoms with Crippen LogP contribution in [0.3, 0.4) is 0 Å². The third-order valence-corrected chi connectivity index (χ3v) is 3.69. The van der Waals surface area contributed by atoms with Crippen molar-refractivity contribution in [2.45, 2.75) is 52.0 Å². The molecule has 1 fully saturated rings. The molecule has 4 heteroatoms. The Labute approximate surface area is 116 Å². The van der Waals surface area contributed by atoms with Gasteiger partial charge >= 0.3 is 0 Å². The summed E-state index contributed by atoms with van der Waals surface area (Å²) in [6.45, 7) is 7.73. The monoisotopic (exact) mass is 262 g/mol. The number of nitrogens with one attached hydrogen (secondary N) is 1. The molecule has 1 saturated heterocycles. The summed E-state index contributed by atoms with van der Waals surface area (Å²) in [5.74, 6) is 1.11. The third-order valence-electron chi connectivity index (χ3n) is 3.69. The Hall–Kier alpha value is -1.16. The molecule has 0 bridgehead atoms. The minimum atomic E-state index is 0.582. The van der Waals surface area contributed by atoms with E-state index in [-0.39, 0.29) is 0 Å². The second-order valence-electron chi connectivity index (χ2n) is 5.31. The van der Waals surface area contributed by atoms with Gasteiger partial charge in [-0.25, -0.2) is 9.97 Å². The molecule has 0 saturated carbocycles. The van der Waals surface area contributed by atoms with Gasteiger partial charge in [0, 0.05) is 30.9 Å². The molecule has 0 radical (unpaired) electrons. The highest BCUT2D eigenvalue weighted by Gasteiger charge is 2.21. The van der Waals surface area contributed by atoms with E-state index in [0.29, 0.717) is 6.04 Å². The molecular formula is C15H26N4. The first-order valence-corrected chi connectivity index (χ1v) is 7.63. The van der Waals surface area contributed by atoms with Gasteiger partial charge in [0.2, 0.25) is 0 Å². The molecule has 1 aromatic heterocycles. The zero-order chi connectivity index (χ0) is 13.5. The van der Waals surface area contributed by atoms with E-state index in [0.717, 1.165) is 50.4 Å². The topological polar surface area (TPSA) is 41.0 Å². The van der Waals surface area contributed by atoms with Crippen LogP contribution in [0.4, 0.5) is 5.82 Å². The fraction of sp³-hybridized carbons (Fsp3) is 0.733. The lowest BCUT2D eigenvalue weighted by Gasteiger charge is -2.35. The maximum atomic E-state index is 4.50. The van der Waals surface area contributed by atoms with Crippen molar-refractivity contribution in [2.24, 2.45) is 0 Å². The molecule has 0 aromatic carbocycles. The average Bonchev–Trinajstić information content (AvgIpc) is 2.46. The number of aryl methyl sites for hydroxylation is 1. The van der Waals surface area contributed by atoms with Crippen molar-refractivity contribution in [2.75, 3.05) is 24.5 Å². The van der Waals surface area contributed by atoms with E-state index in [9.17, 15) is 0 Å².